The summed E-state index contributed by atoms with van der Waals surface area (Å²) in [5.74, 6) is 0. The van der Waals surface area contributed by atoms with Crippen LogP contribution in [-0.2, 0) is 0 Å². The van der Waals surface area contributed by atoms with Gasteiger partial charge in [0.05, 0.1) is 11.6 Å². The standard InChI is InChI=1S/C18H23N3Si/c1-14-9-5-6-10-15(14)18(13-22(2,3)4)21-17-12-8-7-11-16(17)19-20-21/h5-12,18H,13H2,1-4H3. The molecule has 0 aliphatic heterocycles. The van der Waals surface area contributed by atoms with Crippen molar-refractivity contribution >= 4 is 19.1 Å². The largest absolute Gasteiger partial charge is 0.237 e. The van der Waals surface area contributed by atoms with Crippen molar-refractivity contribution in [3.05, 3.63) is 59.7 Å². The number of aryl methyl sites for hydroxylation is 1. The van der Waals surface area contributed by atoms with Crippen molar-refractivity contribution in [2.75, 3.05) is 0 Å². The number of fused-ring (bicyclic) bond motifs is 1. The Balaban J connectivity index is 2.15. The molecule has 0 N–H and O–H groups in total. The first-order valence-corrected chi connectivity index (χ1v) is 11.5. The molecule has 4 heteroatoms. The van der Waals surface area contributed by atoms with Crippen molar-refractivity contribution in [2.45, 2.75) is 38.7 Å². The monoisotopic (exact) mass is 309 g/mol. The molecule has 0 saturated carbocycles. The third-order valence-corrected chi connectivity index (χ3v) is 5.64. The van der Waals surface area contributed by atoms with Gasteiger partial charge in [-0.2, -0.15) is 0 Å². The minimum atomic E-state index is -1.26. The minimum absolute atomic E-state index is 0.264. The van der Waals surface area contributed by atoms with E-state index in [9.17, 15) is 0 Å². The smallest absolute Gasteiger partial charge is 0.113 e. The summed E-state index contributed by atoms with van der Waals surface area (Å²) in [5, 5.41) is 8.84. The van der Waals surface area contributed by atoms with Crippen LogP contribution in [0.2, 0.25) is 25.7 Å². The molecule has 0 spiro atoms. The molecule has 1 atom stereocenters. The SMILES string of the molecule is Cc1ccccc1C(C[Si](C)(C)C)n1nnc2ccccc21. The van der Waals surface area contributed by atoms with Gasteiger partial charge < -0.3 is 0 Å². The van der Waals surface area contributed by atoms with E-state index >= 15 is 0 Å². The molecule has 22 heavy (non-hydrogen) atoms. The number of aromatic nitrogens is 3. The van der Waals surface area contributed by atoms with E-state index in [1.165, 1.54) is 11.1 Å². The third-order valence-electron chi connectivity index (χ3n) is 4.03. The fraction of sp³-hybridized carbons (Fsp3) is 0.333. The summed E-state index contributed by atoms with van der Waals surface area (Å²) in [6.45, 7) is 9.43. The normalized spacial score (nSPS) is 13.5. The minimum Gasteiger partial charge on any atom is -0.237 e. The van der Waals surface area contributed by atoms with Gasteiger partial charge in [-0.3, -0.25) is 0 Å². The lowest BCUT2D eigenvalue weighted by Gasteiger charge is -2.26. The first-order valence-electron chi connectivity index (χ1n) is 7.81. The lowest BCUT2D eigenvalue weighted by Crippen LogP contribution is -2.27. The summed E-state index contributed by atoms with van der Waals surface area (Å²) in [4.78, 5) is 0. The van der Waals surface area contributed by atoms with Crippen LogP contribution in [0.25, 0.3) is 11.0 Å². The number of rotatable bonds is 4. The van der Waals surface area contributed by atoms with Crippen molar-refractivity contribution in [1.82, 2.24) is 15.0 Å². The Hall–Kier alpha value is -1.94. The van der Waals surface area contributed by atoms with E-state index in [-0.39, 0.29) is 6.04 Å². The fourth-order valence-electron chi connectivity index (χ4n) is 2.99. The zero-order chi connectivity index (χ0) is 15.7. The molecular formula is C18H23N3Si. The summed E-state index contributed by atoms with van der Waals surface area (Å²) >= 11 is 0. The van der Waals surface area contributed by atoms with E-state index in [4.69, 9.17) is 0 Å². The van der Waals surface area contributed by atoms with Crippen molar-refractivity contribution in [3.63, 3.8) is 0 Å². The van der Waals surface area contributed by atoms with E-state index in [0.29, 0.717) is 0 Å². The van der Waals surface area contributed by atoms with Gasteiger partial charge in [-0.05, 0) is 36.2 Å². The molecular weight excluding hydrogens is 286 g/mol. The second kappa shape index (κ2) is 5.69. The Labute approximate surface area is 133 Å². The highest BCUT2D eigenvalue weighted by Crippen LogP contribution is 2.31. The van der Waals surface area contributed by atoms with Crippen LogP contribution >= 0.6 is 0 Å². The molecule has 0 aliphatic rings. The van der Waals surface area contributed by atoms with E-state index in [2.05, 4.69) is 78.0 Å². The van der Waals surface area contributed by atoms with Crippen LogP contribution < -0.4 is 0 Å². The molecule has 0 radical (unpaired) electrons. The Morgan fingerprint density at radius 3 is 2.41 bits per heavy atom. The third kappa shape index (κ3) is 2.97. The lowest BCUT2D eigenvalue weighted by atomic mass is 10.0. The fourth-order valence-corrected chi connectivity index (χ4v) is 4.54. The average molecular weight is 309 g/mol. The van der Waals surface area contributed by atoms with Crippen LogP contribution in [0.4, 0.5) is 0 Å². The highest BCUT2D eigenvalue weighted by atomic mass is 28.3. The predicted molar refractivity (Wildman–Crippen MR) is 95.0 cm³/mol. The van der Waals surface area contributed by atoms with Gasteiger partial charge in [0.2, 0.25) is 0 Å². The molecule has 3 aromatic rings. The van der Waals surface area contributed by atoms with Crippen molar-refractivity contribution < 1.29 is 0 Å². The topological polar surface area (TPSA) is 30.7 Å². The molecule has 3 nitrogen and oxygen atoms in total. The van der Waals surface area contributed by atoms with Gasteiger partial charge in [-0.1, -0.05) is 61.3 Å². The Morgan fingerprint density at radius 2 is 1.68 bits per heavy atom. The van der Waals surface area contributed by atoms with Crippen molar-refractivity contribution in [3.8, 4) is 0 Å². The number of benzene rings is 2. The highest BCUT2D eigenvalue weighted by Gasteiger charge is 2.26. The summed E-state index contributed by atoms with van der Waals surface area (Å²) in [5.41, 5.74) is 4.77. The van der Waals surface area contributed by atoms with Crippen LogP contribution in [0.5, 0.6) is 0 Å². The number of hydrogen-bond donors (Lipinski definition) is 0. The summed E-state index contributed by atoms with van der Waals surface area (Å²) in [7, 11) is -1.26. The van der Waals surface area contributed by atoms with Gasteiger partial charge in [0.15, 0.2) is 0 Å². The molecule has 0 saturated heterocycles. The molecule has 2 aromatic carbocycles. The van der Waals surface area contributed by atoms with Gasteiger partial charge >= 0.3 is 0 Å². The van der Waals surface area contributed by atoms with Crippen LogP contribution in [0.3, 0.4) is 0 Å². The second-order valence-electron chi connectivity index (χ2n) is 7.16. The quantitative estimate of drug-likeness (QED) is 0.656. The summed E-state index contributed by atoms with van der Waals surface area (Å²) < 4.78 is 2.12. The summed E-state index contributed by atoms with van der Waals surface area (Å²) in [6.07, 6.45) is 0. The van der Waals surface area contributed by atoms with Gasteiger partial charge in [0, 0.05) is 8.07 Å². The lowest BCUT2D eigenvalue weighted by molar-refractivity contribution is 0.552. The first-order chi connectivity index (χ1) is 10.5. The highest BCUT2D eigenvalue weighted by molar-refractivity contribution is 6.76. The molecule has 1 heterocycles. The maximum absolute atomic E-state index is 4.49. The van der Waals surface area contributed by atoms with Gasteiger partial charge in [-0.15, -0.1) is 5.10 Å². The van der Waals surface area contributed by atoms with Crippen molar-refractivity contribution in [1.29, 1.82) is 0 Å². The van der Waals surface area contributed by atoms with E-state index in [1.807, 2.05) is 12.1 Å². The van der Waals surface area contributed by atoms with Crippen molar-refractivity contribution in [2.24, 2.45) is 0 Å². The predicted octanol–water partition coefficient (Wildman–Crippen LogP) is 4.67. The Morgan fingerprint density at radius 1 is 1.00 bits per heavy atom. The zero-order valence-corrected chi connectivity index (χ0v) is 14.7. The molecule has 3 rings (SSSR count). The Bertz CT molecular complexity index is 786. The van der Waals surface area contributed by atoms with Crippen LogP contribution in [0.1, 0.15) is 17.2 Å². The second-order valence-corrected chi connectivity index (χ2v) is 12.7. The molecule has 1 aromatic heterocycles. The first kappa shape index (κ1) is 15.0. The van der Waals surface area contributed by atoms with Gasteiger partial charge in [0.1, 0.15) is 5.52 Å². The van der Waals surface area contributed by atoms with Gasteiger partial charge in [0.25, 0.3) is 0 Å². The molecule has 1 unspecified atom stereocenters. The maximum Gasteiger partial charge on any atom is 0.113 e. The van der Waals surface area contributed by atoms with E-state index in [0.717, 1.165) is 17.1 Å². The Kier molecular flexibility index (Phi) is 3.87. The van der Waals surface area contributed by atoms with Crippen LogP contribution in [0.15, 0.2) is 48.5 Å². The number of nitrogens with zero attached hydrogens (tertiary/aromatic N) is 3. The maximum atomic E-state index is 4.49. The molecule has 114 valence electrons. The van der Waals surface area contributed by atoms with Crippen LogP contribution in [0, 0.1) is 6.92 Å². The molecule has 0 bridgehead atoms. The summed E-state index contributed by atoms with van der Waals surface area (Å²) in [6, 6.07) is 18.3. The van der Waals surface area contributed by atoms with E-state index in [1.54, 1.807) is 0 Å². The molecule has 0 aliphatic carbocycles. The van der Waals surface area contributed by atoms with Crippen LogP contribution in [-0.4, -0.2) is 23.1 Å². The zero-order valence-electron chi connectivity index (χ0n) is 13.7. The van der Waals surface area contributed by atoms with E-state index < -0.39 is 8.07 Å². The molecule has 0 amide bonds. The average Bonchev–Trinajstić information content (AvgIpc) is 2.88. The van der Waals surface area contributed by atoms with Gasteiger partial charge in [-0.25, -0.2) is 4.68 Å². The molecule has 0 fully saturated rings. The number of hydrogen-bond acceptors (Lipinski definition) is 2. The number of para-hydroxylation sites is 1.